The molecule has 17 heavy (non-hydrogen) atoms. The lowest BCUT2D eigenvalue weighted by Gasteiger charge is -2.38. The van der Waals surface area contributed by atoms with Crippen molar-refractivity contribution in [3.63, 3.8) is 0 Å². The van der Waals surface area contributed by atoms with Crippen LogP contribution in [0.3, 0.4) is 0 Å². The quantitative estimate of drug-likeness (QED) is 0.748. The van der Waals surface area contributed by atoms with Crippen LogP contribution < -0.4 is 4.90 Å². The summed E-state index contributed by atoms with van der Waals surface area (Å²) in [5, 5.41) is 8.69. The number of ether oxygens (including phenoxy) is 1. The molecule has 1 aromatic carbocycles. The van der Waals surface area contributed by atoms with Gasteiger partial charge in [-0.15, -0.1) is 0 Å². The van der Waals surface area contributed by atoms with E-state index in [1.54, 1.807) is 6.07 Å². The predicted molar refractivity (Wildman–Crippen MR) is 63.3 cm³/mol. The first-order chi connectivity index (χ1) is 8.11. The van der Waals surface area contributed by atoms with Crippen LogP contribution in [0.4, 0.5) is 10.1 Å². The maximum absolute atomic E-state index is 13.5. The molecule has 0 spiro atoms. The van der Waals surface area contributed by atoms with E-state index in [0.717, 1.165) is 12.2 Å². The van der Waals surface area contributed by atoms with Gasteiger partial charge in [-0.2, -0.15) is 5.26 Å². The zero-order valence-corrected chi connectivity index (χ0v) is 9.98. The first kappa shape index (κ1) is 11.9. The van der Waals surface area contributed by atoms with E-state index in [1.807, 2.05) is 19.9 Å². The van der Waals surface area contributed by atoms with Gasteiger partial charge in [-0.05, 0) is 32.0 Å². The molecule has 1 heterocycles. The minimum Gasteiger partial charge on any atom is -0.375 e. The van der Waals surface area contributed by atoms with Crippen LogP contribution in [0.1, 0.15) is 19.4 Å². The summed E-state index contributed by atoms with van der Waals surface area (Å²) in [6.07, 6.45) is 0.143. The van der Waals surface area contributed by atoms with Crippen LogP contribution in [0.25, 0.3) is 0 Å². The summed E-state index contributed by atoms with van der Waals surface area (Å²) >= 11 is 0. The maximum atomic E-state index is 13.5. The van der Waals surface area contributed by atoms with Gasteiger partial charge in [-0.1, -0.05) is 0 Å². The molecule has 0 saturated carbocycles. The number of morpholine rings is 1. The predicted octanol–water partition coefficient (Wildman–Crippen LogP) is 2.31. The van der Waals surface area contributed by atoms with Crippen molar-refractivity contribution >= 4 is 5.69 Å². The lowest BCUT2D eigenvalue weighted by atomic mass is 10.1. The summed E-state index contributed by atoms with van der Waals surface area (Å²) in [6.45, 7) is 5.43. The molecule has 0 N–H and O–H groups in total. The molecule has 4 heteroatoms. The van der Waals surface area contributed by atoms with E-state index in [2.05, 4.69) is 4.90 Å². The number of hydrogen-bond acceptors (Lipinski definition) is 3. The van der Waals surface area contributed by atoms with Crippen LogP contribution >= 0.6 is 0 Å². The van der Waals surface area contributed by atoms with E-state index in [-0.39, 0.29) is 17.7 Å². The van der Waals surface area contributed by atoms with Crippen molar-refractivity contribution in [2.75, 3.05) is 18.1 Å². The summed E-state index contributed by atoms with van der Waals surface area (Å²) in [5.74, 6) is -0.462. The van der Waals surface area contributed by atoms with Gasteiger partial charge in [0.15, 0.2) is 0 Å². The Morgan fingerprint density at radius 3 is 2.88 bits per heavy atom. The average Bonchev–Trinajstić information content (AvgIpc) is 2.32. The van der Waals surface area contributed by atoms with Gasteiger partial charge in [0, 0.05) is 18.3 Å². The summed E-state index contributed by atoms with van der Waals surface area (Å²) in [5.41, 5.74) is 0.895. The number of hydrogen-bond donors (Lipinski definition) is 0. The molecule has 0 aliphatic carbocycles. The van der Waals surface area contributed by atoms with Crippen LogP contribution in [0.5, 0.6) is 0 Å². The number of nitrogens with zero attached hydrogens (tertiary/aromatic N) is 2. The SMILES string of the molecule is CC1CN(c2ccc(C#N)c(F)c2)C(C)CO1. The largest absolute Gasteiger partial charge is 0.375 e. The van der Waals surface area contributed by atoms with Gasteiger partial charge in [0.2, 0.25) is 0 Å². The van der Waals surface area contributed by atoms with Crippen molar-refractivity contribution in [1.29, 1.82) is 5.26 Å². The molecule has 0 bridgehead atoms. The first-order valence-electron chi connectivity index (χ1n) is 5.69. The zero-order chi connectivity index (χ0) is 12.4. The lowest BCUT2D eigenvalue weighted by Crippen LogP contribution is -2.47. The Morgan fingerprint density at radius 2 is 2.24 bits per heavy atom. The molecule has 2 unspecified atom stereocenters. The third kappa shape index (κ3) is 2.40. The van der Waals surface area contributed by atoms with E-state index >= 15 is 0 Å². The summed E-state index contributed by atoms with van der Waals surface area (Å²) in [6, 6.07) is 6.78. The van der Waals surface area contributed by atoms with Gasteiger partial charge in [-0.3, -0.25) is 0 Å². The van der Waals surface area contributed by atoms with Gasteiger partial charge in [-0.25, -0.2) is 4.39 Å². The molecular weight excluding hydrogens is 219 g/mol. The third-order valence-corrected chi connectivity index (χ3v) is 3.01. The number of halogens is 1. The molecule has 90 valence electrons. The van der Waals surface area contributed by atoms with Crippen molar-refractivity contribution < 1.29 is 9.13 Å². The van der Waals surface area contributed by atoms with Gasteiger partial charge in [0.05, 0.1) is 18.3 Å². The van der Waals surface area contributed by atoms with Gasteiger partial charge in [0.1, 0.15) is 11.9 Å². The van der Waals surface area contributed by atoms with E-state index < -0.39 is 5.82 Å². The van der Waals surface area contributed by atoms with E-state index in [4.69, 9.17) is 10.00 Å². The molecule has 0 amide bonds. The zero-order valence-electron chi connectivity index (χ0n) is 9.98. The van der Waals surface area contributed by atoms with Crippen LogP contribution in [0.15, 0.2) is 18.2 Å². The van der Waals surface area contributed by atoms with Crippen molar-refractivity contribution in [1.82, 2.24) is 0 Å². The van der Waals surface area contributed by atoms with Crippen LogP contribution in [0.2, 0.25) is 0 Å². The number of rotatable bonds is 1. The number of nitriles is 1. The molecule has 2 rings (SSSR count). The molecule has 2 atom stereocenters. The molecule has 1 aliphatic heterocycles. The summed E-state index contributed by atoms with van der Waals surface area (Å²) in [4.78, 5) is 2.11. The average molecular weight is 234 g/mol. The second-order valence-corrected chi connectivity index (χ2v) is 4.42. The molecule has 1 aliphatic rings. The van der Waals surface area contributed by atoms with Gasteiger partial charge in [0.25, 0.3) is 0 Å². The Balaban J connectivity index is 2.27. The second kappa shape index (κ2) is 4.72. The molecule has 0 radical (unpaired) electrons. The third-order valence-electron chi connectivity index (χ3n) is 3.01. The van der Waals surface area contributed by atoms with Crippen molar-refractivity contribution in [2.45, 2.75) is 26.0 Å². The van der Waals surface area contributed by atoms with Gasteiger partial charge < -0.3 is 9.64 Å². The monoisotopic (exact) mass is 234 g/mol. The van der Waals surface area contributed by atoms with Crippen LogP contribution in [-0.4, -0.2) is 25.3 Å². The Bertz CT molecular complexity index is 455. The Labute approximate surface area is 100 Å². The highest BCUT2D eigenvalue weighted by Gasteiger charge is 2.24. The van der Waals surface area contributed by atoms with E-state index in [0.29, 0.717) is 6.61 Å². The highest BCUT2D eigenvalue weighted by Crippen LogP contribution is 2.23. The fourth-order valence-corrected chi connectivity index (χ4v) is 2.04. The topological polar surface area (TPSA) is 36.3 Å². The van der Waals surface area contributed by atoms with E-state index in [1.165, 1.54) is 12.1 Å². The Kier molecular flexibility index (Phi) is 3.30. The lowest BCUT2D eigenvalue weighted by molar-refractivity contribution is 0.0343. The molecule has 1 fully saturated rings. The van der Waals surface area contributed by atoms with Crippen LogP contribution in [0, 0.1) is 17.1 Å². The normalized spacial score (nSPS) is 24.5. The van der Waals surface area contributed by atoms with Crippen molar-refractivity contribution in [2.24, 2.45) is 0 Å². The highest BCUT2D eigenvalue weighted by molar-refractivity contribution is 5.51. The standard InChI is InChI=1S/C13H15FN2O/c1-9-8-17-10(2)7-16(9)12-4-3-11(6-15)13(14)5-12/h3-5,9-10H,7-8H2,1-2H3. The smallest absolute Gasteiger partial charge is 0.143 e. The minimum absolute atomic E-state index is 0.0858. The minimum atomic E-state index is -0.462. The maximum Gasteiger partial charge on any atom is 0.143 e. The molecule has 0 aromatic heterocycles. The summed E-state index contributed by atoms with van der Waals surface area (Å²) in [7, 11) is 0. The second-order valence-electron chi connectivity index (χ2n) is 4.42. The summed E-state index contributed by atoms with van der Waals surface area (Å²) < 4.78 is 19.1. The Morgan fingerprint density at radius 1 is 1.47 bits per heavy atom. The Hall–Kier alpha value is -1.60. The molecule has 1 saturated heterocycles. The van der Waals surface area contributed by atoms with Crippen molar-refractivity contribution in [3.8, 4) is 6.07 Å². The fourth-order valence-electron chi connectivity index (χ4n) is 2.04. The fraction of sp³-hybridized carbons (Fsp3) is 0.462. The molecule has 1 aromatic rings. The molecule has 3 nitrogen and oxygen atoms in total. The number of anilines is 1. The molecular formula is C13H15FN2O. The first-order valence-corrected chi connectivity index (χ1v) is 5.69. The van der Waals surface area contributed by atoms with Crippen LogP contribution in [-0.2, 0) is 4.74 Å². The number of benzene rings is 1. The van der Waals surface area contributed by atoms with Gasteiger partial charge >= 0.3 is 0 Å². The van der Waals surface area contributed by atoms with Crippen molar-refractivity contribution in [3.05, 3.63) is 29.6 Å². The van der Waals surface area contributed by atoms with E-state index in [9.17, 15) is 4.39 Å². The highest BCUT2D eigenvalue weighted by atomic mass is 19.1.